The SMILES string of the molecule is COc1ccc(-c2noc(COc3cc(C)cc(C)c3C)n2)c(OC)c1. The van der Waals surface area contributed by atoms with Gasteiger partial charge in [0.1, 0.15) is 17.2 Å². The van der Waals surface area contributed by atoms with Gasteiger partial charge in [0.05, 0.1) is 19.8 Å². The zero-order valence-corrected chi connectivity index (χ0v) is 15.6. The van der Waals surface area contributed by atoms with Crippen LogP contribution in [0.25, 0.3) is 11.4 Å². The highest BCUT2D eigenvalue weighted by molar-refractivity contribution is 5.65. The van der Waals surface area contributed by atoms with Crippen LogP contribution in [0, 0.1) is 20.8 Å². The van der Waals surface area contributed by atoms with Gasteiger partial charge in [-0.15, -0.1) is 0 Å². The summed E-state index contributed by atoms with van der Waals surface area (Å²) in [4.78, 5) is 4.41. The first-order valence-electron chi connectivity index (χ1n) is 8.27. The minimum atomic E-state index is 0.204. The topological polar surface area (TPSA) is 66.6 Å². The molecule has 1 aromatic heterocycles. The Hall–Kier alpha value is -3.02. The average molecular weight is 354 g/mol. The molecule has 3 aromatic rings. The van der Waals surface area contributed by atoms with Crippen molar-refractivity contribution in [1.29, 1.82) is 0 Å². The van der Waals surface area contributed by atoms with Gasteiger partial charge in [0, 0.05) is 6.07 Å². The summed E-state index contributed by atoms with van der Waals surface area (Å²) in [6, 6.07) is 9.57. The summed E-state index contributed by atoms with van der Waals surface area (Å²) < 4.78 is 21.8. The molecule has 3 rings (SSSR count). The van der Waals surface area contributed by atoms with Crippen molar-refractivity contribution in [3.8, 4) is 28.6 Å². The summed E-state index contributed by atoms with van der Waals surface area (Å²) in [5, 5.41) is 4.03. The lowest BCUT2D eigenvalue weighted by molar-refractivity contribution is 0.241. The number of benzene rings is 2. The van der Waals surface area contributed by atoms with E-state index in [0.717, 1.165) is 22.4 Å². The lowest BCUT2D eigenvalue weighted by Crippen LogP contribution is -1.99. The van der Waals surface area contributed by atoms with Crippen molar-refractivity contribution in [2.45, 2.75) is 27.4 Å². The van der Waals surface area contributed by atoms with Gasteiger partial charge in [-0.05, 0) is 55.7 Å². The first kappa shape index (κ1) is 17.8. The number of aromatic nitrogens is 2. The van der Waals surface area contributed by atoms with E-state index in [-0.39, 0.29) is 6.61 Å². The fourth-order valence-electron chi connectivity index (χ4n) is 2.70. The smallest absolute Gasteiger partial charge is 0.264 e. The van der Waals surface area contributed by atoms with Crippen molar-refractivity contribution < 1.29 is 18.7 Å². The Morgan fingerprint density at radius 1 is 0.962 bits per heavy atom. The van der Waals surface area contributed by atoms with Crippen molar-refractivity contribution >= 4 is 0 Å². The van der Waals surface area contributed by atoms with Gasteiger partial charge in [-0.1, -0.05) is 11.2 Å². The maximum atomic E-state index is 5.88. The Balaban J connectivity index is 1.79. The summed E-state index contributed by atoms with van der Waals surface area (Å²) in [5.41, 5.74) is 4.17. The van der Waals surface area contributed by atoms with Crippen molar-refractivity contribution in [3.05, 3.63) is 52.9 Å². The highest BCUT2D eigenvalue weighted by Gasteiger charge is 2.15. The summed E-state index contributed by atoms with van der Waals surface area (Å²) in [5.74, 6) is 2.98. The largest absolute Gasteiger partial charge is 0.497 e. The average Bonchev–Trinajstić information content (AvgIpc) is 3.11. The summed E-state index contributed by atoms with van der Waals surface area (Å²) >= 11 is 0. The number of methoxy groups -OCH3 is 2. The van der Waals surface area contributed by atoms with Crippen molar-refractivity contribution in [3.63, 3.8) is 0 Å². The highest BCUT2D eigenvalue weighted by atomic mass is 16.5. The minimum Gasteiger partial charge on any atom is -0.497 e. The molecule has 0 bridgehead atoms. The van der Waals surface area contributed by atoms with Crippen LogP contribution in [0.2, 0.25) is 0 Å². The summed E-state index contributed by atoms with van der Waals surface area (Å²) in [7, 11) is 3.19. The molecular weight excluding hydrogens is 332 g/mol. The summed E-state index contributed by atoms with van der Waals surface area (Å²) in [6.07, 6.45) is 0. The number of hydrogen-bond acceptors (Lipinski definition) is 6. The van der Waals surface area contributed by atoms with Gasteiger partial charge in [-0.25, -0.2) is 0 Å². The highest BCUT2D eigenvalue weighted by Crippen LogP contribution is 2.31. The van der Waals surface area contributed by atoms with E-state index in [2.05, 4.69) is 23.1 Å². The van der Waals surface area contributed by atoms with Crippen LogP contribution < -0.4 is 14.2 Å². The predicted molar refractivity (Wildman–Crippen MR) is 97.8 cm³/mol. The molecular formula is C20H22N2O4. The van der Waals surface area contributed by atoms with Crippen LogP contribution in [0.15, 0.2) is 34.9 Å². The molecule has 0 saturated heterocycles. The van der Waals surface area contributed by atoms with Crippen LogP contribution >= 0.6 is 0 Å². The second-order valence-corrected chi connectivity index (χ2v) is 6.07. The van der Waals surface area contributed by atoms with Gasteiger partial charge in [-0.3, -0.25) is 0 Å². The fraction of sp³-hybridized carbons (Fsp3) is 0.300. The molecule has 26 heavy (non-hydrogen) atoms. The van der Waals surface area contributed by atoms with E-state index in [4.69, 9.17) is 18.7 Å². The monoisotopic (exact) mass is 354 g/mol. The molecule has 0 spiro atoms. The van der Waals surface area contributed by atoms with Gasteiger partial charge in [0.15, 0.2) is 6.61 Å². The molecule has 0 amide bonds. The predicted octanol–water partition coefficient (Wildman–Crippen LogP) is 4.26. The Labute approximate surface area is 152 Å². The number of rotatable bonds is 6. The maximum absolute atomic E-state index is 5.88. The molecule has 0 unspecified atom stereocenters. The number of aryl methyl sites for hydroxylation is 2. The molecule has 0 atom stereocenters. The van der Waals surface area contributed by atoms with Crippen molar-refractivity contribution in [2.75, 3.05) is 14.2 Å². The van der Waals surface area contributed by atoms with Crippen LogP contribution in [-0.4, -0.2) is 24.4 Å². The Morgan fingerprint density at radius 2 is 1.77 bits per heavy atom. The van der Waals surface area contributed by atoms with Gasteiger partial charge in [0.2, 0.25) is 5.82 Å². The number of hydrogen-bond donors (Lipinski definition) is 0. The first-order chi connectivity index (χ1) is 12.5. The minimum absolute atomic E-state index is 0.204. The lowest BCUT2D eigenvalue weighted by Gasteiger charge is -2.10. The van der Waals surface area contributed by atoms with Gasteiger partial charge >= 0.3 is 0 Å². The van der Waals surface area contributed by atoms with E-state index >= 15 is 0 Å². The van der Waals surface area contributed by atoms with Crippen LogP contribution in [0.1, 0.15) is 22.6 Å². The van der Waals surface area contributed by atoms with Crippen LogP contribution in [-0.2, 0) is 6.61 Å². The molecule has 0 aliphatic heterocycles. The summed E-state index contributed by atoms with van der Waals surface area (Å²) in [6.45, 7) is 6.34. The third-order valence-corrected chi connectivity index (χ3v) is 4.23. The van der Waals surface area contributed by atoms with Crippen molar-refractivity contribution in [1.82, 2.24) is 10.1 Å². The standard InChI is InChI=1S/C20H22N2O4/c1-12-8-13(2)14(3)17(9-12)25-11-19-21-20(22-26-19)16-7-6-15(23-4)10-18(16)24-5/h6-10H,11H2,1-5H3. The Morgan fingerprint density at radius 3 is 2.50 bits per heavy atom. The van der Waals surface area contributed by atoms with Gasteiger partial charge in [0.25, 0.3) is 5.89 Å². The molecule has 0 saturated carbocycles. The second-order valence-electron chi connectivity index (χ2n) is 6.07. The molecule has 0 radical (unpaired) electrons. The maximum Gasteiger partial charge on any atom is 0.264 e. The van der Waals surface area contributed by atoms with Crippen LogP contribution in [0.5, 0.6) is 17.2 Å². The molecule has 136 valence electrons. The van der Waals surface area contributed by atoms with E-state index in [0.29, 0.717) is 23.2 Å². The normalized spacial score (nSPS) is 10.7. The number of nitrogens with zero attached hydrogens (tertiary/aromatic N) is 2. The third-order valence-electron chi connectivity index (χ3n) is 4.23. The third kappa shape index (κ3) is 3.64. The van der Waals surface area contributed by atoms with E-state index in [1.54, 1.807) is 20.3 Å². The molecule has 0 fully saturated rings. The molecule has 6 nitrogen and oxygen atoms in total. The molecule has 1 heterocycles. The van der Waals surface area contributed by atoms with E-state index in [9.17, 15) is 0 Å². The van der Waals surface area contributed by atoms with Gasteiger partial charge < -0.3 is 18.7 Å². The molecule has 0 aliphatic carbocycles. The second kappa shape index (κ2) is 7.47. The van der Waals surface area contributed by atoms with Crippen LogP contribution in [0.4, 0.5) is 0 Å². The molecule has 0 N–H and O–H groups in total. The molecule has 0 aliphatic rings. The molecule has 6 heteroatoms. The quantitative estimate of drug-likeness (QED) is 0.659. The number of ether oxygens (including phenoxy) is 3. The molecule has 2 aromatic carbocycles. The van der Waals surface area contributed by atoms with Crippen LogP contribution in [0.3, 0.4) is 0 Å². The lowest BCUT2D eigenvalue weighted by atomic mass is 10.1. The van der Waals surface area contributed by atoms with Crippen molar-refractivity contribution in [2.24, 2.45) is 0 Å². The Bertz CT molecular complexity index is 918. The zero-order valence-electron chi connectivity index (χ0n) is 15.6. The zero-order chi connectivity index (χ0) is 18.7. The fourth-order valence-corrected chi connectivity index (χ4v) is 2.70. The first-order valence-corrected chi connectivity index (χ1v) is 8.27. The van der Waals surface area contributed by atoms with Gasteiger partial charge in [-0.2, -0.15) is 4.98 Å². The van der Waals surface area contributed by atoms with E-state index < -0.39 is 0 Å². The van der Waals surface area contributed by atoms with E-state index in [1.165, 1.54) is 5.56 Å². The van der Waals surface area contributed by atoms with E-state index in [1.807, 2.05) is 32.0 Å². The Kier molecular flexibility index (Phi) is 5.11.